The third-order valence-corrected chi connectivity index (χ3v) is 6.71. The fourth-order valence-electron chi connectivity index (χ4n) is 2.48. The molecule has 26 heavy (non-hydrogen) atoms. The maximum atomic E-state index is 12.6. The Bertz CT molecular complexity index is 470. The highest BCUT2D eigenvalue weighted by Gasteiger charge is 2.40. The maximum Gasteiger partial charge on any atom is 0.500 e. The van der Waals surface area contributed by atoms with Gasteiger partial charge in [-0.3, -0.25) is 0 Å². The van der Waals surface area contributed by atoms with Gasteiger partial charge in [-0.15, -0.1) is 0 Å². The Balaban J connectivity index is 2.68. The Morgan fingerprint density at radius 1 is 0.808 bits per heavy atom. The van der Waals surface area contributed by atoms with Gasteiger partial charge in [0.25, 0.3) is 0 Å². The summed E-state index contributed by atoms with van der Waals surface area (Å²) in [6, 6.07) is 6.02. The van der Waals surface area contributed by atoms with Crippen LogP contribution in [0.5, 0.6) is 0 Å². The SMILES string of the molecule is CCCO[Si](CCCc1ccc(C(F)(F)F)cc1)(OCCC)OCCC. The van der Waals surface area contributed by atoms with Crippen molar-refractivity contribution in [3.8, 4) is 0 Å². The van der Waals surface area contributed by atoms with Gasteiger partial charge in [-0.2, -0.15) is 13.2 Å². The van der Waals surface area contributed by atoms with Crippen LogP contribution in [-0.4, -0.2) is 28.6 Å². The zero-order chi connectivity index (χ0) is 19.5. The van der Waals surface area contributed by atoms with Crippen LogP contribution in [0.2, 0.25) is 6.04 Å². The molecule has 0 radical (unpaired) electrons. The zero-order valence-corrected chi connectivity index (χ0v) is 17.0. The van der Waals surface area contributed by atoms with E-state index in [4.69, 9.17) is 13.3 Å². The third kappa shape index (κ3) is 8.20. The van der Waals surface area contributed by atoms with E-state index in [1.165, 1.54) is 0 Å². The Hall–Kier alpha value is -0.893. The molecule has 7 heteroatoms. The number of hydrogen-bond acceptors (Lipinski definition) is 3. The van der Waals surface area contributed by atoms with E-state index in [1.807, 2.05) is 20.8 Å². The highest BCUT2D eigenvalue weighted by molar-refractivity contribution is 6.60. The van der Waals surface area contributed by atoms with Crippen molar-refractivity contribution in [2.24, 2.45) is 0 Å². The largest absolute Gasteiger partial charge is 0.500 e. The van der Waals surface area contributed by atoms with Crippen LogP contribution in [0.3, 0.4) is 0 Å². The second-order valence-corrected chi connectivity index (χ2v) is 9.01. The van der Waals surface area contributed by atoms with Crippen molar-refractivity contribution in [2.45, 2.75) is 65.1 Å². The number of hydrogen-bond donors (Lipinski definition) is 0. The van der Waals surface area contributed by atoms with Crippen molar-refractivity contribution in [3.05, 3.63) is 35.4 Å². The monoisotopic (exact) mass is 392 g/mol. The van der Waals surface area contributed by atoms with Crippen molar-refractivity contribution in [3.63, 3.8) is 0 Å². The third-order valence-electron chi connectivity index (χ3n) is 3.81. The van der Waals surface area contributed by atoms with E-state index in [0.717, 1.165) is 43.4 Å². The van der Waals surface area contributed by atoms with Gasteiger partial charge in [0, 0.05) is 25.9 Å². The molecule has 0 aliphatic rings. The highest BCUT2D eigenvalue weighted by atomic mass is 28.4. The first-order valence-corrected chi connectivity index (χ1v) is 11.4. The van der Waals surface area contributed by atoms with Gasteiger partial charge in [-0.25, -0.2) is 0 Å². The summed E-state index contributed by atoms with van der Waals surface area (Å²) in [6.45, 7) is 7.92. The van der Waals surface area contributed by atoms with E-state index in [1.54, 1.807) is 12.1 Å². The lowest BCUT2D eigenvalue weighted by atomic mass is 10.1. The van der Waals surface area contributed by atoms with Gasteiger partial charge in [-0.05, 0) is 49.8 Å². The van der Waals surface area contributed by atoms with Crippen molar-refractivity contribution in [2.75, 3.05) is 19.8 Å². The number of benzene rings is 1. The fourth-order valence-corrected chi connectivity index (χ4v) is 5.32. The number of rotatable bonds is 13. The first-order chi connectivity index (χ1) is 12.4. The molecule has 0 amide bonds. The Morgan fingerprint density at radius 3 is 1.65 bits per heavy atom. The number of aryl methyl sites for hydroxylation is 1. The predicted molar refractivity (Wildman–Crippen MR) is 99.1 cm³/mol. The average Bonchev–Trinajstić information content (AvgIpc) is 2.62. The molecule has 0 heterocycles. The van der Waals surface area contributed by atoms with E-state index in [9.17, 15) is 13.2 Å². The Kier molecular flexibility index (Phi) is 10.5. The van der Waals surface area contributed by atoms with Crippen LogP contribution in [0, 0.1) is 0 Å². The molecular weight excluding hydrogens is 361 g/mol. The minimum atomic E-state index is -4.30. The molecule has 0 fully saturated rings. The second-order valence-electron chi connectivity index (χ2n) is 6.28. The van der Waals surface area contributed by atoms with Gasteiger partial charge >= 0.3 is 15.0 Å². The first-order valence-electron chi connectivity index (χ1n) is 9.45. The summed E-state index contributed by atoms with van der Waals surface area (Å²) in [5.74, 6) is 0. The summed E-state index contributed by atoms with van der Waals surface area (Å²) in [6.07, 6.45) is -0.200. The fraction of sp³-hybridized carbons (Fsp3) is 0.684. The molecule has 0 atom stereocenters. The predicted octanol–water partition coefficient (Wildman–Crippen LogP) is 5.86. The van der Waals surface area contributed by atoms with Gasteiger partial charge in [0.15, 0.2) is 0 Å². The summed E-state index contributed by atoms with van der Waals surface area (Å²) in [4.78, 5) is 0. The van der Waals surface area contributed by atoms with Crippen molar-refractivity contribution in [1.29, 1.82) is 0 Å². The number of alkyl halides is 3. The summed E-state index contributed by atoms with van der Waals surface area (Å²) in [7, 11) is -2.73. The molecule has 0 aliphatic carbocycles. The minimum absolute atomic E-state index is 0.597. The van der Waals surface area contributed by atoms with Gasteiger partial charge in [0.05, 0.1) is 5.56 Å². The standard InChI is InChI=1S/C19H31F3O3Si/c1-4-13-23-26(24-14-5-2,25-15-6-3)16-7-8-17-9-11-18(12-10-17)19(20,21)22/h9-12H,4-8,13-16H2,1-3H3. The zero-order valence-electron chi connectivity index (χ0n) is 16.0. The molecule has 0 unspecified atom stereocenters. The van der Waals surface area contributed by atoms with Crippen LogP contribution in [0.25, 0.3) is 0 Å². The van der Waals surface area contributed by atoms with Crippen molar-refractivity contribution in [1.82, 2.24) is 0 Å². The molecular formula is C19H31F3O3Si. The first kappa shape index (κ1) is 23.1. The molecule has 0 saturated heterocycles. The quantitative estimate of drug-likeness (QED) is 0.394. The molecule has 150 valence electrons. The minimum Gasteiger partial charge on any atom is -0.373 e. The Labute approximate surface area is 156 Å². The van der Waals surface area contributed by atoms with Gasteiger partial charge in [-0.1, -0.05) is 32.9 Å². The van der Waals surface area contributed by atoms with Gasteiger partial charge < -0.3 is 13.3 Å². The second kappa shape index (κ2) is 11.7. The molecule has 0 saturated carbocycles. The lowest BCUT2D eigenvalue weighted by Crippen LogP contribution is -2.46. The van der Waals surface area contributed by atoms with E-state index in [-0.39, 0.29) is 0 Å². The summed E-state index contributed by atoms with van der Waals surface area (Å²) >= 11 is 0. The summed E-state index contributed by atoms with van der Waals surface area (Å²) in [5, 5.41) is 0. The smallest absolute Gasteiger partial charge is 0.373 e. The van der Waals surface area contributed by atoms with E-state index >= 15 is 0 Å². The average molecular weight is 393 g/mol. The van der Waals surface area contributed by atoms with Crippen molar-refractivity contribution < 1.29 is 26.4 Å². The lowest BCUT2D eigenvalue weighted by molar-refractivity contribution is -0.137. The van der Waals surface area contributed by atoms with Crippen LogP contribution < -0.4 is 0 Å². The molecule has 0 aromatic heterocycles. The topological polar surface area (TPSA) is 27.7 Å². The van der Waals surface area contributed by atoms with Gasteiger partial charge in [0.2, 0.25) is 0 Å². The molecule has 1 rings (SSSR count). The summed E-state index contributed by atoms with van der Waals surface area (Å²) in [5.41, 5.74) is 0.260. The van der Waals surface area contributed by atoms with Crippen LogP contribution in [0.15, 0.2) is 24.3 Å². The molecule has 0 aliphatic heterocycles. The molecule has 1 aromatic rings. The van der Waals surface area contributed by atoms with Gasteiger partial charge in [0.1, 0.15) is 0 Å². The molecule has 0 spiro atoms. The van der Waals surface area contributed by atoms with Crippen LogP contribution in [0.4, 0.5) is 13.2 Å². The molecule has 0 N–H and O–H groups in total. The van der Waals surface area contributed by atoms with Crippen LogP contribution in [0.1, 0.15) is 57.6 Å². The van der Waals surface area contributed by atoms with Crippen LogP contribution in [-0.2, 0) is 25.9 Å². The van der Waals surface area contributed by atoms with E-state index in [0.29, 0.717) is 32.3 Å². The molecule has 3 nitrogen and oxygen atoms in total. The lowest BCUT2D eigenvalue weighted by Gasteiger charge is -2.29. The van der Waals surface area contributed by atoms with E-state index < -0.39 is 20.5 Å². The van der Waals surface area contributed by atoms with E-state index in [2.05, 4.69) is 0 Å². The van der Waals surface area contributed by atoms with Crippen LogP contribution >= 0.6 is 0 Å². The molecule has 1 aromatic carbocycles. The number of halogens is 3. The van der Waals surface area contributed by atoms with Crippen molar-refractivity contribution >= 4 is 8.80 Å². The highest BCUT2D eigenvalue weighted by Crippen LogP contribution is 2.29. The Morgan fingerprint density at radius 2 is 1.27 bits per heavy atom. The normalized spacial score (nSPS) is 12.5. The molecule has 0 bridgehead atoms. The summed E-state index contributed by atoms with van der Waals surface area (Å²) < 4.78 is 56.0. The maximum absolute atomic E-state index is 12.6.